The Morgan fingerprint density at radius 1 is 1.50 bits per heavy atom. The second-order valence-electron chi connectivity index (χ2n) is 4.50. The Morgan fingerprint density at radius 2 is 2.14 bits per heavy atom. The molecule has 0 spiro atoms. The molecule has 0 bridgehead atoms. The van der Waals surface area contributed by atoms with Gasteiger partial charge in [-0.25, -0.2) is 0 Å². The van der Waals surface area contributed by atoms with E-state index in [1.165, 1.54) is 0 Å². The molecule has 0 unspecified atom stereocenters. The number of pyridine rings is 1. The van der Waals surface area contributed by atoms with E-state index in [9.17, 15) is 5.11 Å². The first kappa shape index (κ1) is 10.1. The highest BCUT2D eigenvalue weighted by atomic mass is 79.9. The Balaban J connectivity index is 2.41. The molecule has 0 radical (unpaired) electrons. The maximum absolute atomic E-state index is 10.1. The molecule has 0 saturated heterocycles. The molecule has 76 valence electrons. The van der Waals surface area contributed by atoms with Gasteiger partial charge in [0.15, 0.2) is 0 Å². The van der Waals surface area contributed by atoms with Gasteiger partial charge < -0.3 is 5.11 Å². The Labute approximate surface area is 92.5 Å². The lowest BCUT2D eigenvalue weighted by molar-refractivity contribution is 0.0365. The van der Waals surface area contributed by atoms with Gasteiger partial charge in [-0.1, -0.05) is 15.9 Å². The maximum Gasteiger partial charge on any atom is 0.0703 e. The van der Waals surface area contributed by atoms with Crippen molar-refractivity contribution >= 4 is 15.9 Å². The summed E-state index contributed by atoms with van der Waals surface area (Å²) in [7, 11) is 0. The summed E-state index contributed by atoms with van der Waals surface area (Å²) in [6, 6.07) is 3.91. The minimum atomic E-state index is -0.680. The molecule has 2 rings (SSSR count). The first-order valence-corrected chi connectivity index (χ1v) is 5.59. The molecule has 0 atom stereocenters. The average Bonchev–Trinajstić information content (AvgIpc) is 2.82. The lowest BCUT2D eigenvalue weighted by Crippen LogP contribution is -2.36. The fourth-order valence-corrected chi connectivity index (χ4v) is 2.31. The molecular formula is C11H14BrNO. The van der Waals surface area contributed by atoms with Crippen LogP contribution in [0.15, 0.2) is 22.8 Å². The van der Waals surface area contributed by atoms with Gasteiger partial charge in [0, 0.05) is 16.1 Å². The van der Waals surface area contributed by atoms with E-state index in [4.69, 9.17) is 0 Å². The number of aliphatic hydroxyl groups is 1. The van der Waals surface area contributed by atoms with Crippen molar-refractivity contribution in [1.82, 2.24) is 4.98 Å². The monoisotopic (exact) mass is 255 g/mol. The lowest BCUT2D eigenvalue weighted by atomic mass is 9.84. The Kier molecular flexibility index (Phi) is 2.20. The summed E-state index contributed by atoms with van der Waals surface area (Å²) >= 11 is 3.43. The van der Waals surface area contributed by atoms with Crippen molar-refractivity contribution in [3.63, 3.8) is 0 Å². The van der Waals surface area contributed by atoms with Crippen LogP contribution in [0.5, 0.6) is 0 Å². The van der Waals surface area contributed by atoms with Gasteiger partial charge in [0.2, 0.25) is 0 Å². The molecule has 1 aliphatic rings. The van der Waals surface area contributed by atoms with Gasteiger partial charge in [-0.05, 0) is 38.8 Å². The number of hydrogen-bond acceptors (Lipinski definition) is 2. The summed E-state index contributed by atoms with van der Waals surface area (Å²) in [5.41, 5.74) is 0.205. The van der Waals surface area contributed by atoms with Crippen molar-refractivity contribution in [2.45, 2.75) is 37.7 Å². The van der Waals surface area contributed by atoms with Gasteiger partial charge >= 0.3 is 0 Å². The van der Waals surface area contributed by atoms with Crippen LogP contribution >= 0.6 is 15.9 Å². The summed E-state index contributed by atoms with van der Waals surface area (Å²) in [6.45, 7) is 3.73. The molecule has 3 heteroatoms. The third-order valence-electron chi connectivity index (χ3n) is 3.13. The zero-order valence-corrected chi connectivity index (χ0v) is 10.0. The molecule has 0 aromatic carbocycles. The van der Waals surface area contributed by atoms with Crippen LogP contribution in [0.3, 0.4) is 0 Å². The summed E-state index contributed by atoms with van der Waals surface area (Å²) in [5.74, 6) is 0. The maximum atomic E-state index is 10.1. The average molecular weight is 256 g/mol. The van der Waals surface area contributed by atoms with Crippen molar-refractivity contribution in [3.05, 3.63) is 28.5 Å². The number of aromatic nitrogens is 1. The standard InChI is InChI=1S/C11H14BrNO/c1-10(2,14)11(4-5-11)9-7-8(12)3-6-13-9/h3,6-7,14H,4-5H2,1-2H3. The van der Waals surface area contributed by atoms with Crippen molar-refractivity contribution in [3.8, 4) is 0 Å². The highest BCUT2D eigenvalue weighted by Crippen LogP contribution is 2.55. The van der Waals surface area contributed by atoms with E-state index in [1.807, 2.05) is 26.0 Å². The number of halogens is 1. The lowest BCUT2D eigenvalue weighted by Gasteiger charge is -2.28. The molecule has 1 saturated carbocycles. The molecule has 1 aliphatic carbocycles. The Morgan fingerprint density at radius 3 is 2.57 bits per heavy atom. The summed E-state index contributed by atoms with van der Waals surface area (Å²) in [5, 5.41) is 10.1. The second kappa shape index (κ2) is 3.04. The fourth-order valence-electron chi connectivity index (χ4n) is 1.97. The topological polar surface area (TPSA) is 33.1 Å². The molecule has 1 heterocycles. The van der Waals surface area contributed by atoms with Gasteiger partial charge in [0.05, 0.1) is 11.3 Å². The molecule has 1 N–H and O–H groups in total. The van der Waals surface area contributed by atoms with Crippen molar-refractivity contribution < 1.29 is 5.11 Å². The second-order valence-corrected chi connectivity index (χ2v) is 5.42. The van der Waals surface area contributed by atoms with Crippen LogP contribution < -0.4 is 0 Å². The van der Waals surface area contributed by atoms with Crippen molar-refractivity contribution in [1.29, 1.82) is 0 Å². The zero-order valence-electron chi connectivity index (χ0n) is 8.42. The molecule has 0 amide bonds. The minimum absolute atomic E-state index is 0.114. The summed E-state index contributed by atoms with van der Waals surface area (Å²) in [4.78, 5) is 4.35. The van der Waals surface area contributed by atoms with Gasteiger partial charge in [0.25, 0.3) is 0 Å². The van der Waals surface area contributed by atoms with E-state index >= 15 is 0 Å². The van der Waals surface area contributed by atoms with E-state index in [2.05, 4.69) is 20.9 Å². The van der Waals surface area contributed by atoms with Crippen molar-refractivity contribution in [2.24, 2.45) is 0 Å². The Bertz CT molecular complexity index is 353. The van der Waals surface area contributed by atoms with Gasteiger partial charge in [-0.2, -0.15) is 0 Å². The van der Waals surface area contributed by atoms with Gasteiger partial charge in [-0.15, -0.1) is 0 Å². The third kappa shape index (κ3) is 1.48. The van der Waals surface area contributed by atoms with Crippen LogP contribution in [0.4, 0.5) is 0 Å². The van der Waals surface area contributed by atoms with Crippen LogP contribution in [0.25, 0.3) is 0 Å². The predicted molar refractivity (Wildman–Crippen MR) is 59.1 cm³/mol. The number of rotatable bonds is 2. The summed E-state index contributed by atoms with van der Waals surface area (Å²) < 4.78 is 1.03. The molecule has 14 heavy (non-hydrogen) atoms. The minimum Gasteiger partial charge on any atom is -0.389 e. The van der Waals surface area contributed by atoms with Gasteiger partial charge in [-0.3, -0.25) is 4.98 Å². The summed E-state index contributed by atoms with van der Waals surface area (Å²) in [6.07, 6.45) is 3.84. The largest absolute Gasteiger partial charge is 0.389 e. The number of hydrogen-bond donors (Lipinski definition) is 1. The van der Waals surface area contributed by atoms with Crippen LogP contribution in [0.2, 0.25) is 0 Å². The SMILES string of the molecule is CC(C)(O)C1(c2cc(Br)ccn2)CC1. The van der Waals surface area contributed by atoms with Crippen LogP contribution in [-0.2, 0) is 5.41 Å². The highest BCUT2D eigenvalue weighted by molar-refractivity contribution is 9.10. The van der Waals surface area contributed by atoms with Crippen LogP contribution in [0.1, 0.15) is 32.4 Å². The highest BCUT2D eigenvalue weighted by Gasteiger charge is 2.56. The molecule has 0 aliphatic heterocycles. The van der Waals surface area contributed by atoms with Crippen LogP contribution in [0, 0.1) is 0 Å². The van der Waals surface area contributed by atoms with Gasteiger partial charge in [0.1, 0.15) is 0 Å². The van der Waals surface area contributed by atoms with Crippen LogP contribution in [-0.4, -0.2) is 15.7 Å². The van der Waals surface area contributed by atoms with E-state index in [-0.39, 0.29) is 5.41 Å². The Hall–Kier alpha value is -0.410. The van der Waals surface area contributed by atoms with E-state index in [1.54, 1.807) is 6.20 Å². The van der Waals surface area contributed by atoms with E-state index < -0.39 is 5.60 Å². The molecule has 2 nitrogen and oxygen atoms in total. The van der Waals surface area contributed by atoms with E-state index in [0.717, 1.165) is 23.0 Å². The molecular weight excluding hydrogens is 242 g/mol. The molecule has 1 aromatic heterocycles. The number of nitrogens with zero attached hydrogens (tertiary/aromatic N) is 1. The zero-order chi connectivity index (χ0) is 10.4. The van der Waals surface area contributed by atoms with E-state index in [0.29, 0.717) is 0 Å². The fraction of sp³-hybridized carbons (Fsp3) is 0.545. The van der Waals surface area contributed by atoms with Crippen molar-refractivity contribution in [2.75, 3.05) is 0 Å². The molecule has 1 aromatic rings. The smallest absolute Gasteiger partial charge is 0.0703 e. The first-order valence-electron chi connectivity index (χ1n) is 4.80. The quantitative estimate of drug-likeness (QED) is 0.882. The third-order valence-corrected chi connectivity index (χ3v) is 3.63. The molecule has 1 fully saturated rings. The predicted octanol–water partition coefficient (Wildman–Crippen LogP) is 2.65. The normalized spacial score (nSPS) is 19.4. The first-order chi connectivity index (χ1) is 6.46.